The van der Waals surface area contributed by atoms with Crippen molar-refractivity contribution in [2.45, 2.75) is 13.3 Å². The lowest BCUT2D eigenvalue weighted by atomic mass is 10.1. The molecule has 0 radical (unpaired) electrons. The van der Waals surface area contributed by atoms with E-state index in [0.29, 0.717) is 17.9 Å². The normalized spacial score (nSPS) is 14.4. The molecule has 90 valence electrons. The Kier molecular flexibility index (Phi) is 4.39. The second kappa shape index (κ2) is 5.37. The van der Waals surface area contributed by atoms with Crippen molar-refractivity contribution in [2.24, 2.45) is 0 Å². The molecule has 2 N–H and O–H groups in total. The maximum atomic E-state index is 11.4. The van der Waals surface area contributed by atoms with Crippen molar-refractivity contribution >= 4 is 13.1 Å². The molecule has 0 fully saturated rings. The molecule has 1 atom stereocenters. The van der Waals surface area contributed by atoms with Crippen LogP contribution in [0.3, 0.4) is 0 Å². The van der Waals surface area contributed by atoms with Crippen molar-refractivity contribution in [2.75, 3.05) is 25.2 Å². The van der Waals surface area contributed by atoms with Gasteiger partial charge in [0, 0.05) is 7.37 Å². The number of rotatable bonds is 5. The highest BCUT2D eigenvalue weighted by molar-refractivity contribution is 7.56. The van der Waals surface area contributed by atoms with Gasteiger partial charge >= 0.3 is 0 Å². The van der Waals surface area contributed by atoms with Crippen LogP contribution in [0.1, 0.15) is 12.5 Å². The van der Waals surface area contributed by atoms with Crippen LogP contribution in [0.15, 0.2) is 18.2 Å². The van der Waals surface area contributed by atoms with Gasteiger partial charge in [0.1, 0.15) is 5.75 Å². The first-order valence-electron chi connectivity index (χ1n) is 5.20. The zero-order valence-electron chi connectivity index (χ0n) is 9.60. The third kappa shape index (κ3) is 3.54. The highest BCUT2D eigenvalue weighted by atomic mass is 31.2. The van der Waals surface area contributed by atoms with E-state index in [0.717, 1.165) is 5.56 Å². The van der Waals surface area contributed by atoms with Gasteiger partial charge in [0.15, 0.2) is 0 Å². The average molecular weight is 242 g/mol. The van der Waals surface area contributed by atoms with E-state index in [9.17, 15) is 9.46 Å². The molecule has 0 saturated carbocycles. The monoisotopic (exact) mass is 242 g/mol. The summed E-state index contributed by atoms with van der Waals surface area (Å²) in [5.41, 5.74) is 7.16. The third-order valence-electron chi connectivity index (χ3n) is 2.52. The largest absolute Gasteiger partial charge is 0.799 e. The molecule has 0 heterocycles. The Hall–Kier alpha value is -0.990. The molecule has 16 heavy (non-hydrogen) atoms. The van der Waals surface area contributed by atoms with Crippen LogP contribution in [0.2, 0.25) is 0 Å². The summed E-state index contributed by atoms with van der Waals surface area (Å²) in [5, 5.41) is 0. The molecule has 0 aromatic heterocycles. The number of anilines is 1. The van der Waals surface area contributed by atoms with Crippen LogP contribution in [0.5, 0.6) is 5.75 Å². The molecule has 0 amide bonds. The van der Waals surface area contributed by atoms with E-state index < -0.39 is 7.37 Å². The molecule has 0 saturated heterocycles. The molecule has 1 unspecified atom stereocenters. The summed E-state index contributed by atoms with van der Waals surface area (Å²) >= 11 is 0. The molecule has 5 heteroatoms. The number of nitrogens with two attached hydrogens (primary N) is 1. The maximum Gasteiger partial charge on any atom is 0.142 e. The first-order valence-corrected chi connectivity index (χ1v) is 7.19. The summed E-state index contributed by atoms with van der Waals surface area (Å²) in [5.74, 6) is 0.592. The smallest absolute Gasteiger partial charge is 0.142 e. The minimum absolute atomic E-state index is 0.191. The third-order valence-corrected chi connectivity index (χ3v) is 4.39. The first-order chi connectivity index (χ1) is 7.48. The Bertz CT molecular complexity index is 406. The molecule has 0 bridgehead atoms. The number of methoxy groups -OCH3 is 1. The standard InChI is InChI=1S/C11H18NO3P/c1-3-16(13,14)7-6-9-4-5-10(12)11(8-9)15-2/h4-5,8H,3,6-7,12H2,1-2H3,(H,13,14)/p-1. The summed E-state index contributed by atoms with van der Waals surface area (Å²) < 4.78 is 16.4. The Morgan fingerprint density at radius 2 is 2.19 bits per heavy atom. The van der Waals surface area contributed by atoms with Crippen LogP contribution in [-0.2, 0) is 11.0 Å². The number of nitrogen functional groups attached to an aromatic ring is 1. The molecule has 0 aliphatic heterocycles. The van der Waals surface area contributed by atoms with Gasteiger partial charge in [-0.3, -0.25) is 0 Å². The molecule has 0 aliphatic rings. The molecule has 0 spiro atoms. The molecule has 0 aliphatic carbocycles. The Balaban J connectivity index is 2.72. The van der Waals surface area contributed by atoms with Crippen molar-refractivity contribution < 1.29 is 14.2 Å². The lowest BCUT2D eigenvalue weighted by Crippen LogP contribution is -2.09. The van der Waals surface area contributed by atoms with Crippen LogP contribution in [0.25, 0.3) is 0 Å². The molecule has 4 nitrogen and oxygen atoms in total. The Labute approximate surface area is 95.9 Å². The summed E-state index contributed by atoms with van der Waals surface area (Å²) in [6.07, 6.45) is 0.904. The van der Waals surface area contributed by atoms with Crippen LogP contribution in [-0.4, -0.2) is 19.4 Å². The SMILES string of the molecule is CCP(=O)([O-])CCc1ccc(N)c(OC)c1. The average Bonchev–Trinajstić information content (AvgIpc) is 2.28. The van der Waals surface area contributed by atoms with E-state index in [2.05, 4.69) is 0 Å². The first kappa shape index (κ1) is 13.1. The van der Waals surface area contributed by atoms with E-state index in [4.69, 9.17) is 10.5 Å². The van der Waals surface area contributed by atoms with Crippen molar-refractivity contribution in [3.63, 3.8) is 0 Å². The zero-order valence-corrected chi connectivity index (χ0v) is 10.5. The Morgan fingerprint density at radius 1 is 1.50 bits per heavy atom. The fraction of sp³-hybridized carbons (Fsp3) is 0.455. The van der Waals surface area contributed by atoms with Crippen LogP contribution in [0, 0.1) is 0 Å². The van der Waals surface area contributed by atoms with E-state index in [1.54, 1.807) is 26.2 Å². The lowest BCUT2D eigenvalue weighted by Gasteiger charge is -2.21. The predicted molar refractivity (Wildman–Crippen MR) is 64.1 cm³/mol. The van der Waals surface area contributed by atoms with Crippen LogP contribution in [0.4, 0.5) is 5.69 Å². The van der Waals surface area contributed by atoms with Gasteiger partial charge in [-0.05, 0) is 36.4 Å². The van der Waals surface area contributed by atoms with Gasteiger partial charge in [-0.25, -0.2) is 0 Å². The molecule has 1 aromatic rings. The number of benzene rings is 1. The number of aryl methyl sites for hydroxylation is 1. The fourth-order valence-electron chi connectivity index (χ4n) is 1.37. The van der Waals surface area contributed by atoms with E-state index in [-0.39, 0.29) is 12.3 Å². The topological polar surface area (TPSA) is 75.4 Å². The number of ether oxygens (including phenoxy) is 1. The second-order valence-electron chi connectivity index (χ2n) is 3.68. The quantitative estimate of drug-likeness (QED) is 0.626. The lowest BCUT2D eigenvalue weighted by molar-refractivity contribution is -0.174. The number of hydrogen-bond acceptors (Lipinski definition) is 4. The van der Waals surface area contributed by atoms with Crippen molar-refractivity contribution in [3.05, 3.63) is 23.8 Å². The summed E-state index contributed by atoms with van der Waals surface area (Å²) in [7, 11) is -1.65. The van der Waals surface area contributed by atoms with Crippen molar-refractivity contribution in [1.29, 1.82) is 0 Å². The van der Waals surface area contributed by atoms with Crippen molar-refractivity contribution in [3.8, 4) is 5.75 Å². The summed E-state index contributed by atoms with van der Waals surface area (Å²) in [6.45, 7) is 1.66. The van der Waals surface area contributed by atoms with Crippen LogP contribution < -0.4 is 15.4 Å². The van der Waals surface area contributed by atoms with Gasteiger partial charge in [0.2, 0.25) is 0 Å². The van der Waals surface area contributed by atoms with Gasteiger partial charge < -0.3 is 19.9 Å². The van der Waals surface area contributed by atoms with Crippen molar-refractivity contribution in [1.82, 2.24) is 0 Å². The van der Waals surface area contributed by atoms with E-state index in [1.807, 2.05) is 6.07 Å². The molecular formula is C11H17NO3P-. The van der Waals surface area contributed by atoms with Gasteiger partial charge in [-0.1, -0.05) is 13.0 Å². The Morgan fingerprint density at radius 3 is 2.75 bits per heavy atom. The minimum atomic E-state index is -3.20. The fourth-order valence-corrected chi connectivity index (χ4v) is 2.28. The number of hydrogen-bond donors (Lipinski definition) is 1. The predicted octanol–water partition coefficient (Wildman–Crippen LogP) is 1.48. The van der Waals surface area contributed by atoms with E-state index >= 15 is 0 Å². The van der Waals surface area contributed by atoms with Gasteiger partial charge in [-0.15, -0.1) is 0 Å². The highest BCUT2D eigenvalue weighted by Crippen LogP contribution is 2.35. The van der Waals surface area contributed by atoms with Crippen LogP contribution >= 0.6 is 7.37 Å². The maximum absolute atomic E-state index is 11.4. The second-order valence-corrected chi connectivity index (χ2v) is 6.39. The summed E-state index contributed by atoms with van der Waals surface area (Å²) in [4.78, 5) is 11.4. The molecule has 1 aromatic carbocycles. The van der Waals surface area contributed by atoms with Gasteiger partial charge in [0.05, 0.1) is 12.8 Å². The summed E-state index contributed by atoms with van der Waals surface area (Å²) in [6, 6.07) is 5.34. The molecular weight excluding hydrogens is 225 g/mol. The van der Waals surface area contributed by atoms with E-state index in [1.165, 1.54) is 0 Å². The minimum Gasteiger partial charge on any atom is -0.799 e. The van der Waals surface area contributed by atoms with Gasteiger partial charge in [-0.2, -0.15) is 0 Å². The zero-order chi connectivity index (χ0) is 12.2. The molecule has 1 rings (SSSR count). The van der Waals surface area contributed by atoms with Gasteiger partial charge in [0.25, 0.3) is 0 Å². The highest BCUT2D eigenvalue weighted by Gasteiger charge is 2.06.